The van der Waals surface area contributed by atoms with Gasteiger partial charge in [-0.15, -0.1) is 0 Å². The number of rotatable bonds is 5. The number of piperazine rings is 1. The lowest BCUT2D eigenvalue weighted by Crippen LogP contribution is -2.50. The highest BCUT2D eigenvalue weighted by atomic mass is 16.5. The first-order valence-electron chi connectivity index (χ1n) is 7.40. The van der Waals surface area contributed by atoms with Crippen molar-refractivity contribution in [2.75, 3.05) is 38.0 Å². The molecule has 0 aromatic carbocycles. The summed E-state index contributed by atoms with van der Waals surface area (Å²) in [5, 5.41) is 6.53. The normalized spacial score (nSPS) is 16.4. The fraction of sp³-hybridized carbons (Fsp3) is 0.714. The number of hydrogen-bond acceptors (Lipinski definition) is 4. The first kappa shape index (κ1) is 14.8. The van der Waals surface area contributed by atoms with E-state index in [4.69, 9.17) is 4.52 Å². The van der Waals surface area contributed by atoms with Crippen LogP contribution in [0.1, 0.15) is 31.9 Å². The van der Waals surface area contributed by atoms with Crippen LogP contribution in [-0.2, 0) is 0 Å². The zero-order valence-electron chi connectivity index (χ0n) is 12.4. The molecule has 6 nitrogen and oxygen atoms in total. The lowest BCUT2D eigenvalue weighted by atomic mass is 10.2. The minimum atomic E-state index is -0.0912. The van der Waals surface area contributed by atoms with Gasteiger partial charge in [-0.05, 0) is 19.9 Å². The van der Waals surface area contributed by atoms with E-state index in [9.17, 15) is 4.79 Å². The molecule has 0 bridgehead atoms. The van der Waals surface area contributed by atoms with E-state index in [1.165, 1.54) is 19.3 Å². The van der Waals surface area contributed by atoms with Crippen molar-refractivity contribution in [2.45, 2.75) is 33.1 Å². The molecule has 0 radical (unpaired) electrons. The third kappa shape index (κ3) is 4.23. The van der Waals surface area contributed by atoms with Crippen LogP contribution in [0.5, 0.6) is 0 Å². The Morgan fingerprint density at radius 1 is 1.35 bits per heavy atom. The molecule has 0 aliphatic carbocycles. The molecule has 20 heavy (non-hydrogen) atoms. The number of nitrogens with one attached hydrogen (secondary N) is 1. The number of urea groups is 1. The average Bonchev–Trinajstić information content (AvgIpc) is 2.85. The third-order valence-electron chi connectivity index (χ3n) is 3.60. The summed E-state index contributed by atoms with van der Waals surface area (Å²) in [5.74, 6) is 1.18. The van der Waals surface area contributed by atoms with Crippen molar-refractivity contribution < 1.29 is 9.32 Å². The number of hydrogen-bond donors (Lipinski definition) is 1. The van der Waals surface area contributed by atoms with Crippen molar-refractivity contribution >= 4 is 11.8 Å². The standard InChI is InChI=1S/C14H24N4O2/c1-3-4-5-6-17-7-9-18(10-8-17)14(19)15-13-11-12(2)20-16-13/h11H,3-10H2,1-2H3,(H,15,16,19). The monoisotopic (exact) mass is 280 g/mol. The topological polar surface area (TPSA) is 61.6 Å². The van der Waals surface area contributed by atoms with Crippen LogP contribution in [0, 0.1) is 6.92 Å². The molecule has 1 aromatic heterocycles. The fourth-order valence-electron chi connectivity index (χ4n) is 2.37. The minimum absolute atomic E-state index is 0.0912. The van der Waals surface area contributed by atoms with Gasteiger partial charge in [0.15, 0.2) is 5.82 Å². The van der Waals surface area contributed by atoms with E-state index in [0.29, 0.717) is 11.6 Å². The summed E-state index contributed by atoms with van der Waals surface area (Å²) in [6.45, 7) is 8.62. The van der Waals surface area contributed by atoms with Gasteiger partial charge in [0.25, 0.3) is 0 Å². The molecule has 112 valence electrons. The maximum absolute atomic E-state index is 12.1. The number of aromatic nitrogens is 1. The Bertz CT molecular complexity index is 425. The van der Waals surface area contributed by atoms with Gasteiger partial charge < -0.3 is 9.42 Å². The molecule has 1 saturated heterocycles. The summed E-state index contributed by atoms with van der Waals surface area (Å²) >= 11 is 0. The summed E-state index contributed by atoms with van der Waals surface area (Å²) in [5.41, 5.74) is 0. The van der Waals surface area contributed by atoms with E-state index in [-0.39, 0.29) is 6.03 Å². The van der Waals surface area contributed by atoms with E-state index in [1.54, 1.807) is 13.0 Å². The quantitative estimate of drug-likeness (QED) is 0.841. The van der Waals surface area contributed by atoms with Gasteiger partial charge in [-0.2, -0.15) is 0 Å². The molecule has 2 rings (SSSR count). The Hall–Kier alpha value is -1.56. The SMILES string of the molecule is CCCCCN1CCN(C(=O)Nc2cc(C)on2)CC1. The van der Waals surface area contributed by atoms with E-state index in [2.05, 4.69) is 22.3 Å². The minimum Gasteiger partial charge on any atom is -0.360 e. The number of nitrogens with zero attached hydrogens (tertiary/aromatic N) is 3. The van der Waals surface area contributed by atoms with Gasteiger partial charge in [-0.3, -0.25) is 10.2 Å². The van der Waals surface area contributed by atoms with Crippen LogP contribution >= 0.6 is 0 Å². The highest BCUT2D eigenvalue weighted by molar-refractivity contribution is 5.88. The second-order valence-electron chi connectivity index (χ2n) is 5.29. The molecule has 1 fully saturated rings. The Labute approximate surface area is 120 Å². The van der Waals surface area contributed by atoms with Crippen molar-refractivity contribution in [1.29, 1.82) is 0 Å². The van der Waals surface area contributed by atoms with Crippen LogP contribution in [0.3, 0.4) is 0 Å². The molecular formula is C14H24N4O2. The lowest BCUT2D eigenvalue weighted by molar-refractivity contribution is 0.146. The van der Waals surface area contributed by atoms with Crippen LogP contribution < -0.4 is 5.32 Å². The van der Waals surface area contributed by atoms with E-state index in [0.717, 1.165) is 32.7 Å². The summed E-state index contributed by atoms with van der Waals surface area (Å²) in [7, 11) is 0. The predicted molar refractivity (Wildman–Crippen MR) is 77.8 cm³/mol. The number of aryl methyl sites for hydroxylation is 1. The number of carbonyl (C=O) groups is 1. The van der Waals surface area contributed by atoms with Gasteiger partial charge in [0.05, 0.1) is 0 Å². The van der Waals surface area contributed by atoms with Gasteiger partial charge >= 0.3 is 6.03 Å². The molecule has 6 heteroatoms. The zero-order valence-corrected chi connectivity index (χ0v) is 12.4. The van der Waals surface area contributed by atoms with Crippen LogP contribution in [0.4, 0.5) is 10.6 Å². The van der Waals surface area contributed by atoms with Gasteiger partial charge in [-0.25, -0.2) is 4.79 Å². The van der Waals surface area contributed by atoms with Crippen molar-refractivity contribution in [2.24, 2.45) is 0 Å². The van der Waals surface area contributed by atoms with Crippen LogP contribution in [-0.4, -0.2) is 53.7 Å². The van der Waals surface area contributed by atoms with E-state index < -0.39 is 0 Å². The molecule has 1 aromatic rings. The van der Waals surface area contributed by atoms with Gasteiger partial charge in [0, 0.05) is 32.2 Å². The van der Waals surface area contributed by atoms with Crippen molar-refractivity contribution in [3.63, 3.8) is 0 Å². The van der Waals surface area contributed by atoms with Gasteiger partial charge in [0.2, 0.25) is 0 Å². The summed E-state index contributed by atoms with van der Waals surface area (Å²) < 4.78 is 4.93. The molecule has 1 aliphatic heterocycles. The fourth-order valence-corrected chi connectivity index (χ4v) is 2.37. The molecule has 0 spiro atoms. The second-order valence-corrected chi connectivity index (χ2v) is 5.29. The maximum Gasteiger partial charge on any atom is 0.323 e. The zero-order chi connectivity index (χ0) is 14.4. The highest BCUT2D eigenvalue weighted by Gasteiger charge is 2.21. The van der Waals surface area contributed by atoms with Crippen molar-refractivity contribution in [3.8, 4) is 0 Å². The Kier molecular flexibility index (Phi) is 5.40. The number of amides is 2. The first-order chi connectivity index (χ1) is 9.69. The summed E-state index contributed by atoms with van der Waals surface area (Å²) in [4.78, 5) is 16.3. The first-order valence-corrected chi connectivity index (χ1v) is 7.40. The molecular weight excluding hydrogens is 256 g/mol. The van der Waals surface area contributed by atoms with Gasteiger partial charge in [0.1, 0.15) is 5.76 Å². The maximum atomic E-state index is 12.1. The second kappa shape index (κ2) is 7.28. The predicted octanol–water partition coefficient (Wildman–Crippen LogP) is 2.32. The average molecular weight is 280 g/mol. The highest BCUT2D eigenvalue weighted by Crippen LogP contribution is 2.10. The summed E-state index contributed by atoms with van der Waals surface area (Å²) in [6, 6.07) is 1.63. The molecule has 0 atom stereocenters. The number of unbranched alkanes of at least 4 members (excludes halogenated alkanes) is 2. The largest absolute Gasteiger partial charge is 0.360 e. The van der Waals surface area contributed by atoms with E-state index in [1.807, 2.05) is 4.90 Å². The molecule has 0 saturated carbocycles. The number of carbonyl (C=O) groups excluding carboxylic acids is 1. The molecule has 2 heterocycles. The number of anilines is 1. The summed E-state index contributed by atoms with van der Waals surface area (Å²) in [6.07, 6.45) is 3.78. The van der Waals surface area contributed by atoms with Gasteiger partial charge in [-0.1, -0.05) is 24.9 Å². The molecule has 1 aliphatic rings. The van der Waals surface area contributed by atoms with Crippen LogP contribution in [0.25, 0.3) is 0 Å². The Balaban J connectivity index is 1.71. The Morgan fingerprint density at radius 3 is 2.70 bits per heavy atom. The van der Waals surface area contributed by atoms with E-state index >= 15 is 0 Å². The molecule has 0 unspecified atom stereocenters. The van der Waals surface area contributed by atoms with Crippen LogP contribution in [0.15, 0.2) is 10.6 Å². The molecule has 2 amide bonds. The smallest absolute Gasteiger partial charge is 0.323 e. The van der Waals surface area contributed by atoms with Crippen LogP contribution in [0.2, 0.25) is 0 Å². The van der Waals surface area contributed by atoms with Crippen molar-refractivity contribution in [1.82, 2.24) is 15.0 Å². The molecule has 1 N–H and O–H groups in total. The Morgan fingerprint density at radius 2 is 2.10 bits per heavy atom. The third-order valence-corrected chi connectivity index (χ3v) is 3.60. The van der Waals surface area contributed by atoms with Crippen molar-refractivity contribution in [3.05, 3.63) is 11.8 Å². The lowest BCUT2D eigenvalue weighted by Gasteiger charge is -2.34.